The van der Waals surface area contributed by atoms with E-state index in [9.17, 15) is 0 Å². The highest BCUT2D eigenvalue weighted by Gasteiger charge is 2.36. The molecular formula is C22H24ClN5. The molecule has 0 amide bonds. The van der Waals surface area contributed by atoms with Crippen LogP contribution in [0.3, 0.4) is 0 Å². The Labute approximate surface area is 170 Å². The van der Waals surface area contributed by atoms with Crippen LogP contribution in [0.2, 0.25) is 5.02 Å². The molecule has 1 atom stereocenters. The third-order valence-corrected chi connectivity index (χ3v) is 5.13. The second-order valence-corrected chi connectivity index (χ2v) is 7.86. The Morgan fingerprint density at radius 3 is 2.29 bits per heavy atom. The van der Waals surface area contributed by atoms with Crippen LogP contribution in [0, 0.1) is 0 Å². The number of anilines is 1. The molecule has 1 aromatic heterocycles. The van der Waals surface area contributed by atoms with Crippen LogP contribution >= 0.6 is 11.6 Å². The number of aliphatic imine (C=N–C) groups is 1. The lowest BCUT2D eigenvalue weighted by Crippen LogP contribution is -2.45. The number of guanidine groups is 1. The summed E-state index contributed by atoms with van der Waals surface area (Å²) in [7, 11) is 4.05. The van der Waals surface area contributed by atoms with Crippen LogP contribution in [0.5, 0.6) is 0 Å². The molecule has 0 saturated heterocycles. The van der Waals surface area contributed by atoms with E-state index in [4.69, 9.17) is 16.6 Å². The minimum atomic E-state index is -0.0444. The molecule has 28 heavy (non-hydrogen) atoms. The Morgan fingerprint density at radius 2 is 1.68 bits per heavy atom. The summed E-state index contributed by atoms with van der Waals surface area (Å²) in [6.07, 6.45) is 1.94. The van der Waals surface area contributed by atoms with Crippen LogP contribution in [0.1, 0.15) is 37.1 Å². The molecule has 0 bridgehead atoms. The summed E-state index contributed by atoms with van der Waals surface area (Å²) in [6, 6.07) is 18.6. The molecule has 5 nitrogen and oxygen atoms in total. The van der Waals surface area contributed by atoms with Gasteiger partial charge in [-0.1, -0.05) is 41.9 Å². The van der Waals surface area contributed by atoms with Gasteiger partial charge in [0.15, 0.2) is 5.82 Å². The molecule has 0 N–H and O–H groups in total. The number of hydrogen-bond acceptors (Lipinski definition) is 4. The smallest absolute Gasteiger partial charge is 0.208 e. The van der Waals surface area contributed by atoms with Gasteiger partial charge in [-0.2, -0.15) is 10.1 Å². The van der Waals surface area contributed by atoms with Crippen molar-refractivity contribution in [3.63, 3.8) is 0 Å². The molecule has 4 rings (SSSR count). The van der Waals surface area contributed by atoms with Crippen molar-refractivity contribution in [2.24, 2.45) is 4.99 Å². The van der Waals surface area contributed by atoms with E-state index >= 15 is 0 Å². The van der Waals surface area contributed by atoms with E-state index in [0.29, 0.717) is 0 Å². The number of aromatic nitrogens is 2. The van der Waals surface area contributed by atoms with Gasteiger partial charge in [-0.25, -0.2) is 4.68 Å². The Kier molecular flexibility index (Phi) is 4.85. The molecule has 1 aliphatic heterocycles. The highest BCUT2D eigenvalue weighted by Crippen LogP contribution is 2.42. The normalized spacial score (nSPS) is 16.1. The first kappa shape index (κ1) is 18.6. The first-order valence-electron chi connectivity index (χ1n) is 9.40. The third-order valence-electron chi connectivity index (χ3n) is 4.88. The molecule has 0 aliphatic carbocycles. The van der Waals surface area contributed by atoms with Gasteiger partial charge < -0.3 is 9.80 Å². The van der Waals surface area contributed by atoms with Gasteiger partial charge in [-0.05, 0) is 43.7 Å². The van der Waals surface area contributed by atoms with E-state index in [-0.39, 0.29) is 12.1 Å². The zero-order valence-electron chi connectivity index (χ0n) is 16.5. The SMILES string of the molecule is CC(C)n1ncc2c1N=C(N(C)C)N(c1ccccc1)C2c1ccc(Cl)cc1. The fraction of sp³-hybridized carbons (Fsp3) is 0.273. The molecule has 6 heteroatoms. The van der Waals surface area contributed by atoms with Gasteiger partial charge in [0.05, 0.1) is 12.2 Å². The number of para-hydroxylation sites is 1. The Hall–Kier alpha value is -2.79. The summed E-state index contributed by atoms with van der Waals surface area (Å²) in [5.74, 6) is 1.78. The average molecular weight is 394 g/mol. The summed E-state index contributed by atoms with van der Waals surface area (Å²) in [6.45, 7) is 4.25. The van der Waals surface area contributed by atoms with Gasteiger partial charge in [0.25, 0.3) is 0 Å². The molecule has 1 unspecified atom stereocenters. The lowest BCUT2D eigenvalue weighted by Gasteiger charge is -2.39. The van der Waals surface area contributed by atoms with Crippen LogP contribution in [-0.4, -0.2) is 34.7 Å². The van der Waals surface area contributed by atoms with E-state index < -0.39 is 0 Å². The van der Waals surface area contributed by atoms with E-state index in [1.165, 1.54) is 0 Å². The Bertz CT molecular complexity index is 990. The number of halogens is 1. The molecule has 1 aliphatic rings. The van der Waals surface area contributed by atoms with Crippen molar-refractivity contribution in [1.29, 1.82) is 0 Å². The quantitative estimate of drug-likeness (QED) is 0.607. The van der Waals surface area contributed by atoms with Gasteiger partial charge in [0.1, 0.15) is 0 Å². The summed E-state index contributed by atoms with van der Waals surface area (Å²) in [5, 5.41) is 5.38. The predicted molar refractivity (Wildman–Crippen MR) is 116 cm³/mol. The maximum atomic E-state index is 6.17. The zero-order chi connectivity index (χ0) is 19.8. The van der Waals surface area contributed by atoms with Gasteiger partial charge in [0.2, 0.25) is 5.96 Å². The number of nitrogens with zero attached hydrogens (tertiary/aromatic N) is 5. The van der Waals surface area contributed by atoms with Gasteiger partial charge in [-0.3, -0.25) is 0 Å². The molecule has 3 aromatic rings. The van der Waals surface area contributed by atoms with E-state index in [1.807, 2.05) is 43.2 Å². The van der Waals surface area contributed by atoms with Crippen molar-refractivity contribution in [2.45, 2.75) is 25.9 Å². The van der Waals surface area contributed by atoms with Crippen LogP contribution in [-0.2, 0) is 0 Å². The third kappa shape index (κ3) is 3.16. The fourth-order valence-corrected chi connectivity index (χ4v) is 3.73. The molecule has 144 valence electrons. The van der Waals surface area contributed by atoms with Crippen molar-refractivity contribution in [3.05, 3.63) is 76.9 Å². The highest BCUT2D eigenvalue weighted by atomic mass is 35.5. The summed E-state index contributed by atoms with van der Waals surface area (Å²) < 4.78 is 1.99. The largest absolute Gasteiger partial charge is 0.348 e. The first-order chi connectivity index (χ1) is 13.5. The monoisotopic (exact) mass is 393 g/mol. The van der Waals surface area contributed by atoms with Crippen LogP contribution < -0.4 is 4.90 Å². The molecule has 0 fully saturated rings. The minimum Gasteiger partial charge on any atom is -0.348 e. The molecule has 0 radical (unpaired) electrons. The summed E-state index contributed by atoms with van der Waals surface area (Å²) in [4.78, 5) is 9.33. The molecule has 0 spiro atoms. The minimum absolute atomic E-state index is 0.0444. The summed E-state index contributed by atoms with van der Waals surface area (Å²) in [5.41, 5.74) is 3.32. The molecule has 2 heterocycles. The molecule has 0 saturated carbocycles. The lowest BCUT2D eigenvalue weighted by atomic mass is 9.97. The number of benzene rings is 2. The van der Waals surface area contributed by atoms with Crippen molar-refractivity contribution >= 4 is 29.1 Å². The highest BCUT2D eigenvalue weighted by molar-refractivity contribution is 6.30. The lowest BCUT2D eigenvalue weighted by molar-refractivity contribution is 0.530. The Morgan fingerprint density at radius 1 is 1.00 bits per heavy atom. The van der Waals surface area contributed by atoms with Crippen molar-refractivity contribution < 1.29 is 0 Å². The van der Waals surface area contributed by atoms with Gasteiger partial charge in [-0.15, -0.1) is 0 Å². The van der Waals surface area contributed by atoms with Crippen LogP contribution in [0.15, 0.2) is 65.8 Å². The summed E-state index contributed by atoms with van der Waals surface area (Å²) >= 11 is 6.17. The second kappa shape index (κ2) is 7.32. The van der Waals surface area contributed by atoms with E-state index in [1.54, 1.807) is 0 Å². The second-order valence-electron chi connectivity index (χ2n) is 7.43. The Balaban J connectivity index is 1.98. The zero-order valence-corrected chi connectivity index (χ0v) is 17.3. The standard InChI is InChI=1S/C22H24ClN5/c1-15(2)28-21-19(14-24-28)20(16-10-12-17(23)13-11-16)27(22(25-21)26(3)4)18-8-6-5-7-9-18/h5-15,20H,1-4H3. The van der Waals surface area contributed by atoms with Crippen molar-refractivity contribution in [1.82, 2.24) is 14.7 Å². The van der Waals surface area contributed by atoms with Crippen LogP contribution in [0.4, 0.5) is 11.5 Å². The van der Waals surface area contributed by atoms with Crippen LogP contribution in [0.25, 0.3) is 0 Å². The van der Waals surface area contributed by atoms with Crippen molar-refractivity contribution in [3.8, 4) is 0 Å². The molecular weight excluding hydrogens is 370 g/mol. The number of fused-ring (bicyclic) bond motifs is 1. The topological polar surface area (TPSA) is 36.7 Å². The fourth-order valence-electron chi connectivity index (χ4n) is 3.60. The van der Waals surface area contributed by atoms with Crippen molar-refractivity contribution in [2.75, 3.05) is 19.0 Å². The number of hydrogen-bond donors (Lipinski definition) is 0. The molecule has 2 aromatic carbocycles. The van der Waals surface area contributed by atoms with E-state index in [0.717, 1.165) is 33.6 Å². The average Bonchev–Trinajstić information content (AvgIpc) is 3.12. The predicted octanol–water partition coefficient (Wildman–Crippen LogP) is 5.28. The van der Waals surface area contributed by atoms with Gasteiger partial charge in [0, 0.05) is 36.4 Å². The number of rotatable bonds is 3. The van der Waals surface area contributed by atoms with Gasteiger partial charge >= 0.3 is 0 Å². The first-order valence-corrected chi connectivity index (χ1v) is 9.78. The maximum Gasteiger partial charge on any atom is 0.208 e. The maximum absolute atomic E-state index is 6.17. The van der Waals surface area contributed by atoms with E-state index in [2.05, 4.69) is 65.1 Å².